The van der Waals surface area contributed by atoms with Gasteiger partial charge in [0.2, 0.25) is 0 Å². The molecule has 0 fully saturated rings. The van der Waals surface area contributed by atoms with Gasteiger partial charge in [0, 0.05) is 0 Å². The Hall–Kier alpha value is -1.98. The molecule has 4 N–H and O–H groups in total. The third-order valence-corrected chi connectivity index (χ3v) is 4.61. The zero-order valence-corrected chi connectivity index (χ0v) is 11.7. The van der Waals surface area contributed by atoms with Crippen molar-refractivity contribution in [3.8, 4) is 0 Å². The molecule has 3 aromatic carbocycles. The van der Waals surface area contributed by atoms with Crippen LogP contribution in [0.3, 0.4) is 0 Å². The average molecular weight is 296 g/mol. The van der Waals surface area contributed by atoms with Gasteiger partial charge in [-0.3, -0.25) is 0 Å². The van der Waals surface area contributed by atoms with Gasteiger partial charge in [-0.25, -0.2) is 0 Å². The molecule has 0 saturated carbocycles. The van der Waals surface area contributed by atoms with Gasteiger partial charge in [-0.15, -0.1) is 0 Å². The van der Waals surface area contributed by atoms with Crippen LogP contribution in [-0.4, -0.2) is 32.6 Å². The van der Waals surface area contributed by atoms with Crippen molar-refractivity contribution < 1.29 is 20.4 Å². The first-order valence-electron chi connectivity index (χ1n) is 7.26. The van der Waals surface area contributed by atoms with E-state index in [9.17, 15) is 20.4 Å². The molecule has 0 bridgehead atoms. The smallest absolute Gasteiger partial charge is 0.113 e. The molecule has 1 aliphatic rings. The van der Waals surface area contributed by atoms with Crippen LogP contribution in [0.5, 0.6) is 0 Å². The summed E-state index contributed by atoms with van der Waals surface area (Å²) in [5.74, 6) is 0. The summed E-state index contributed by atoms with van der Waals surface area (Å²) in [6, 6.07) is 15.4. The standard InChI is InChI=1S/C18H16O4/c19-15-13-8-7-11-10-4-2-1-3-9(10)5-6-12(11)14(13)16(20)18(22)17(15)21/h1-8,15-22H/t15-,16-,17+,18-/m0/s1. The zero-order valence-electron chi connectivity index (χ0n) is 11.7. The first-order valence-corrected chi connectivity index (χ1v) is 7.26. The van der Waals surface area contributed by atoms with Gasteiger partial charge >= 0.3 is 0 Å². The highest BCUT2D eigenvalue weighted by Crippen LogP contribution is 2.42. The summed E-state index contributed by atoms with van der Waals surface area (Å²) in [6.45, 7) is 0. The first kappa shape index (κ1) is 13.7. The van der Waals surface area contributed by atoms with E-state index in [0.717, 1.165) is 21.5 Å². The monoisotopic (exact) mass is 296 g/mol. The van der Waals surface area contributed by atoms with E-state index in [1.54, 1.807) is 6.07 Å². The van der Waals surface area contributed by atoms with E-state index in [0.29, 0.717) is 11.1 Å². The highest BCUT2D eigenvalue weighted by Gasteiger charge is 2.40. The lowest BCUT2D eigenvalue weighted by atomic mass is 9.80. The second-order valence-electron chi connectivity index (χ2n) is 5.82. The number of hydrogen-bond donors (Lipinski definition) is 4. The minimum Gasteiger partial charge on any atom is -0.387 e. The molecule has 4 heteroatoms. The van der Waals surface area contributed by atoms with E-state index in [4.69, 9.17) is 0 Å². The summed E-state index contributed by atoms with van der Waals surface area (Å²) in [5, 5.41) is 44.2. The van der Waals surface area contributed by atoms with Gasteiger partial charge in [0.1, 0.15) is 24.4 Å². The fraction of sp³-hybridized carbons (Fsp3) is 0.222. The molecule has 0 heterocycles. The molecule has 0 unspecified atom stereocenters. The molecule has 0 saturated heterocycles. The van der Waals surface area contributed by atoms with E-state index in [-0.39, 0.29) is 0 Å². The van der Waals surface area contributed by atoms with Crippen molar-refractivity contribution in [1.29, 1.82) is 0 Å². The van der Waals surface area contributed by atoms with Crippen LogP contribution >= 0.6 is 0 Å². The number of aliphatic hydroxyl groups excluding tert-OH is 4. The Bertz CT molecular complexity index is 873. The molecule has 22 heavy (non-hydrogen) atoms. The Morgan fingerprint density at radius 3 is 2.09 bits per heavy atom. The lowest BCUT2D eigenvalue weighted by molar-refractivity contribution is -0.119. The third kappa shape index (κ3) is 1.72. The Kier molecular flexibility index (Phi) is 2.96. The molecule has 4 rings (SSSR count). The number of benzene rings is 3. The van der Waals surface area contributed by atoms with Crippen molar-refractivity contribution in [3.05, 3.63) is 59.7 Å². The third-order valence-electron chi connectivity index (χ3n) is 4.61. The molecular formula is C18H16O4. The van der Waals surface area contributed by atoms with Gasteiger partial charge in [-0.05, 0) is 32.7 Å². The van der Waals surface area contributed by atoms with Crippen LogP contribution in [0.2, 0.25) is 0 Å². The van der Waals surface area contributed by atoms with Crippen molar-refractivity contribution in [2.45, 2.75) is 24.4 Å². The maximum atomic E-state index is 10.4. The van der Waals surface area contributed by atoms with E-state index in [1.165, 1.54) is 0 Å². The van der Waals surface area contributed by atoms with E-state index in [1.807, 2.05) is 42.5 Å². The molecule has 1 aliphatic carbocycles. The summed E-state index contributed by atoms with van der Waals surface area (Å²) in [5.41, 5.74) is 0.960. The van der Waals surface area contributed by atoms with Crippen LogP contribution in [-0.2, 0) is 0 Å². The van der Waals surface area contributed by atoms with Crippen LogP contribution in [0.15, 0.2) is 48.5 Å². The predicted molar refractivity (Wildman–Crippen MR) is 83.4 cm³/mol. The predicted octanol–water partition coefficient (Wildman–Crippen LogP) is 1.80. The molecule has 112 valence electrons. The van der Waals surface area contributed by atoms with Crippen molar-refractivity contribution in [2.24, 2.45) is 0 Å². The summed E-state index contributed by atoms with van der Waals surface area (Å²) in [4.78, 5) is 0. The lowest BCUT2D eigenvalue weighted by Crippen LogP contribution is -2.41. The van der Waals surface area contributed by atoms with Crippen molar-refractivity contribution >= 4 is 21.5 Å². The second kappa shape index (κ2) is 4.76. The van der Waals surface area contributed by atoms with Crippen molar-refractivity contribution in [1.82, 2.24) is 0 Å². The van der Waals surface area contributed by atoms with Crippen LogP contribution in [0.1, 0.15) is 23.3 Å². The second-order valence-corrected chi connectivity index (χ2v) is 5.82. The van der Waals surface area contributed by atoms with Crippen LogP contribution in [0.4, 0.5) is 0 Å². The maximum Gasteiger partial charge on any atom is 0.113 e. The van der Waals surface area contributed by atoms with Gasteiger partial charge in [-0.1, -0.05) is 48.5 Å². The van der Waals surface area contributed by atoms with Crippen LogP contribution < -0.4 is 0 Å². The Labute approximate surface area is 126 Å². The number of fused-ring (bicyclic) bond motifs is 5. The quantitative estimate of drug-likeness (QED) is 0.477. The van der Waals surface area contributed by atoms with E-state index < -0.39 is 24.4 Å². The Morgan fingerprint density at radius 1 is 0.591 bits per heavy atom. The Balaban J connectivity index is 2.10. The molecule has 0 aromatic heterocycles. The molecule has 4 atom stereocenters. The van der Waals surface area contributed by atoms with Crippen molar-refractivity contribution in [2.75, 3.05) is 0 Å². The molecule has 4 nitrogen and oxygen atoms in total. The summed E-state index contributed by atoms with van der Waals surface area (Å²) in [7, 11) is 0. The number of aliphatic hydroxyl groups is 4. The van der Waals surface area contributed by atoms with Gasteiger partial charge in [0.05, 0.1) is 0 Å². The fourth-order valence-electron chi connectivity index (χ4n) is 3.44. The van der Waals surface area contributed by atoms with E-state index in [2.05, 4.69) is 0 Å². The SMILES string of the molecule is O[C@@H]1[C@H](O)[C@@H](O)c2ccc3c(ccc4ccccc43)c2[C@@H]1O. The molecule has 0 radical (unpaired) electrons. The fourth-order valence-corrected chi connectivity index (χ4v) is 3.44. The highest BCUT2D eigenvalue weighted by atomic mass is 16.4. The van der Waals surface area contributed by atoms with Gasteiger partial charge < -0.3 is 20.4 Å². The van der Waals surface area contributed by atoms with Gasteiger partial charge in [0.15, 0.2) is 0 Å². The summed E-state index contributed by atoms with van der Waals surface area (Å²) >= 11 is 0. The molecule has 0 aliphatic heterocycles. The normalized spacial score (nSPS) is 28.0. The minimum absolute atomic E-state index is 0.466. The summed E-state index contributed by atoms with van der Waals surface area (Å²) in [6.07, 6.45) is -5.22. The molecule has 0 spiro atoms. The number of hydrogen-bond acceptors (Lipinski definition) is 4. The zero-order chi connectivity index (χ0) is 15.4. The maximum absolute atomic E-state index is 10.4. The van der Waals surface area contributed by atoms with Crippen LogP contribution in [0, 0.1) is 0 Å². The highest BCUT2D eigenvalue weighted by molar-refractivity contribution is 6.08. The molecular weight excluding hydrogens is 280 g/mol. The van der Waals surface area contributed by atoms with Crippen LogP contribution in [0.25, 0.3) is 21.5 Å². The molecule has 0 amide bonds. The van der Waals surface area contributed by atoms with Gasteiger partial charge in [0.25, 0.3) is 0 Å². The average Bonchev–Trinajstić information content (AvgIpc) is 2.56. The number of rotatable bonds is 0. The van der Waals surface area contributed by atoms with Crippen molar-refractivity contribution in [3.63, 3.8) is 0 Å². The molecule has 3 aromatic rings. The van der Waals surface area contributed by atoms with E-state index >= 15 is 0 Å². The topological polar surface area (TPSA) is 80.9 Å². The summed E-state index contributed by atoms with van der Waals surface area (Å²) < 4.78 is 0. The largest absolute Gasteiger partial charge is 0.387 e. The first-order chi connectivity index (χ1) is 10.6. The van der Waals surface area contributed by atoms with Gasteiger partial charge in [-0.2, -0.15) is 0 Å². The minimum atomic E-state index is -1.40. The lowest BCUT2D eigenvalue weighted by Gasteiger charge is -2.35. The Morgan fingerprint density at radius 2 is 1.27 bits per heavy atom.